The van der Waals surface area contributed by atoms with Crippen molar-refractivity contribution in [1.82, 2.24) is 15.5 Å². The summed E-state index contributed by atoms with van der Waals surface area (Å²) in [6, 6.07) is 0. The number of nitrogens with zero attached hydrogens (tertiary/aromatic N) is 2. The van der Waals surface area contributed by atoms with Crippen LogP contribution in [-0.4, -0.2) is 35.3 Å². The maximum Gasteiger partial charge on any atom is 0.366 e. The Kier molecular flexibility index (Phi) is 3.21. The molecule has 0 amide bonds. The molecule has 0 saturated heterocycles. The molecule has 0 fully saturated rings. The molecule has 3 N–H and O–H groups in total. The lowest BCUT2D eigenvalue weighted by Gasteiger charge is -2.01. The monoisotopic (exact) mass is 185 g/mol. The van der Waals surface area contributed by atoms with Gasteiger partial charge < -0.3 is 20.7 Å². The Morgan fingerprint density at radius 3 is 3.08 bits per heavy atom. The quantitative estimate of drug-likeness (QED) is 0.339. The highest BCUT2D eigenvalue weighted by Gasteiger charge is 2.13. The number of nitro groups is 1. The molecule has 0 aliphatic heterocycles. The summed E-state index contributed by atoms with van der Waals surface area (Å²) in [4.78, 5) is 9.89. The molecule has 0 atom stereocenters. The van der Waals surface area contributed by atoms with Crippen LogP contribution in [0, 0.1) is 10.1 Å². The average Bonchev–Trinajstić information content (AvgIpc) is 2.53. The topological polar surface area (TPSA) is 95.9 Å². The third kappa shape index (κ3) is 2.41. The molecule has 1 aromatic heterocycles. The second-order valence-corrected chi connectivity index (χ2v) is 2.42. The molecule has 1 aromatic rings. The number of anilines is 1. The zero-order valence-corrected chi connectivity index (χ0v) is 7.20. The maximum atomic E-state index is 10.4. The summed E-state index contributed by atoms with van der Waals surface area (Å²) in [5.74, 6) is -0.101. The second-order valence-electron chi connectivity index (χ2n) is 2.42. The second kappa shape index (κ2) is 4.41. The molecule has 0 radical (unpaired) electrons. The molecule has 0 bridgehead atoms. The van der Waals surface area contributed by atoms with Crippen LogP contribution in [0.1, 0.15) is 0 Å². The minimum absolute atomic E-state index is 0.101. The van der Waals surface area contributed by atoms with E-state index < -0.39 is 4.92 Å². The largest absolute Gasteiger partial charge is 0.376 e. The fourth-order valence-corrected chi connectivity index (χ4v) is 0.870. The van der Waals surface area contributed by atoms with Gasteiger partial charge in [-0.1, -0.05) is 5.10 Å². The van der Waals surface area contributed by atoms with Crippen molar-refractivity contribution < 1.29 is 4.92 Å². The molecule has 72 valence electrons. The first-order valence-corrected chi connectivity index (χ1v) is 3.82. The van der Waals surface area contributed by atoms with Crippen molar-refractivity contribution >= 4 is 11.5 Å². The minimum atomic E-state index is -0.505. The van der Waals surface area contributed by atoms with Crippen LogP contribution in [0.2, 0.25) is 0 Å². The van der Waals surface area contributed by atoms with Crippen LogP contribution in [0.25, 0.3) is 0 Å². The van der Waals surface area contributed by atoms with Crippen LogP contribution in [0.3, 0.4) is 0 Å². The molecule has 0 spiro atoms. The summed E-state index contributed by atoms with van der Waals surface area (Å²) < 4.78 is 0. The van der Waals surface area contributed by atoms with Crippen LogP contribution >= 0.6 is 0 Å². The van der Waals surface area contributed by atoms with Crippen molar-refractivity contribution in [3.8, 4) is 0 Å². The van der Waals surface area contributed by atoms with Gasteiger partial charge >= 0.3 is 5.82 Å². The maximum absolute atomic E-state index is 10.4. The zero-order chi connectivity index (χ0) is 9.68. The standard InChI is InChI=1S/C6H11N5O2/c1-7-2-3-8-5-4-9-10-6(5)11(12)13/h4,7-8H,2-3H2,1H3,(H,9,10). The van der Waals surface area contributed by atoms with Crippen molar-refractivity contribution in [3.63, 3.8) is 0 Å². The van der Waals surface area contributed by atoms with Gasteiger partial charge in [0.05, 0.1) is 0 Å². The highest BCUT2D eigenvalue weighted by Crippen LogP contribution is 2.18. The summed E-state index contributed by atoms with van der Waals surface area (Å²) in [5.41, 5.74) is 0.417. The van der Waals surface area contributed by atoms with Gasteiger partial charge in [0.1, 0.15) is 6.20 Å². The lowest BCUT2D eigenvalue weighted by atomic mass is 10.5. The van der Waals surface area contributed by atoms with Gasteiger partial charge in [-0.2, -0.15) is 0 Å². The van der Waals surface area contributed by atoms with Crippen molar-refractivity contribution in [2.45, 2.75) is 0 Å². The van der Waals surface area contributed by atoms with Gasteiger partial charge in [0.2, 0.25) is 0 Å². The van der Waals surface area contributed by atoms with Gasteiger partial charge in [0.25, 0.3) is 0 Å². The van der Waals surface area contributed by atoms with E-state index in [1.165, 1.54) is 6.20 Å². The number of rotatable bonds is 5. The minimum Gasteiger partial charge on any atom is -0.376 e. The molecule has 13 heavy (non-hydrogen) atoms. The molecular formula is C6H11N5O2. The number of hydrogen-bond acceptors (Lipinski definition) is 5. The van der Waals surface area contributed by atoms with E-state index in [0.717, 1.165) is 6.54 Å². The number of H-pyrrole nitrogens is 1. The van der Waals surface area contributed by atoms with Gasteiger partial charge in [-0.15, -0.1) is 5.10 Å². The van der Waals surface area contributed by atoms with Gasteiger partial charge in [0, 0.05) is 13.1 Å². The number of aromatic amines is 1. The fourth-order valence-electron chi connectivity index (χ4n) is 0.870. The smallest absolute Gasteiger partial charge is 0.366 e. The zero-order valence-electron chi connectivity index (χ0n) is 7.20. The van der Waals surface area contributed by atoms with E-state index in [4.69, 9.17) is 0 Å². The highest BCUT2D eigenvalue weighted by molar-refractivity contribution is 5.55. The number of nitrogens with one attached hydrogen (secondary N) is 3. The Morgan fingerprint density at radius 1 is 1.69 bits per heavy atom. The van der Waals surface area contributed by atoms with E-state index in [-0.39, 0.29) is 5.82 Å². The van der Waals surface area contributed by atoms with Crippen LogP contribution < -0.4 is 10.6 Å². The van der Waals surface area contributed by atoms with Gasteiger partial charge in [0.15, 0.2) is 5.69 Å². The van der Waals surface area contributed by atoms with E-state index in [0.29, 0.717) is 12.2 Å². The average molecular weight is 185 g/mol. The van der Waals surface area contributed by atoms with Crippen LogP contribution in [0.4, 0.5) is 11.5 Å². The number of likely N-dealkylation sites (N-methyl/N-ethyl adjacent to an activating group) is 1. The molecule has 7 heteroatoms. The molecule has 0 unspecified atom stereocenters. The fraction of sp³-hybridized carbons (Fsp3) is 0.500. The molecular weight excluding hydrogens is 174 g/mol. The molecule has 0 aliphatic carbocycles. The third-order valence-electron chi connectivity index (χ3n) is 1.49. The molecule has 1 rings (SSSR count). The van der Waals surface area contributed by atoms with E-state index in [1.54, 1.807) is 0 Å². The van der Waals surface area contributed by atoms with Crippen LogP contribution in [-0.2, 0) is 0 Å². The van der Waals surface area contributed by atoms with E-state index >= 15 is 0 Å². The normalized spacial score (nSPS) is 9.92. The first-order valence-electron chi connectivity index (χ1n) is 3.82. The summed E-state index contributed by atoms with van der Waals surface area (Å²) >= 11 is 0. The molecule has 0 saturated carbocycles. The lowest BCUT2D eigenvalue weighted by molar-refractivity contribution is -0.388. The van der Waals surface area contributed by atoms with Gasteiger partial charge in [-0.05, 0) is 12.0 Å². The van der Waals surface area contributed by atoms with Crippen molar-refractivity contribution in [1.29, 1.82) is 0 Å². The summed E-state index contributed by atoms with van der Waals surface area (Å²) in [6.07, 6.45) is 1.40. The van der Waals surface area contributed by atoms with E-state index in [2.05, 4.69) is 20.8 Å². The first kappa shape index (κ1) is 9.46. The Labute approximate surface area is 74.7 Å². The summed E-state index contributed by atoms with van der Waals surface area (Å²) in [7, 11) is 1.81. The molecule has 7 nitrogen and oxygen atoms in total. The highest BCUT2D eigenvalue weighted by atomic mass is 16.6. The summed E-state index contributed by atoms with van der Waals surface area (Å²) in [5, 5.41) is 22.1. The summed E-state index contributed by atoms with van der Waals surface area (Å²) in [6.45, 7) is 1.36. The molecule has 0 aliphatic rings. The Bertz CT molecular complexity index is 284. The number of hydrogen-bond donors (Lipinski definition) is 3. The van der Waals surface area contributed by atoms with E-state index in [9.17, 15) is 10.1 Å². The third-order valence-corrected chi connectivity index (χ3v) is 1.49. The first-order chi connectivity index (χ1) is 6.25. The molecule has 0 aromatic carbocycles. The predicted molar refractivity (Wildman–Crippen MR) is 47.7 cm³/mol. The van der Waals surface area contributed by atoms with E-state index in [1.807, 2.05) is 7.05 Å². The van der Waals surface area contributed by atoms with Crippen LogP contribution in [0.15, 0.2) is 6.20 Å². The van der Waals surface area contributed by atoms with Gasteiger partial charge in [-0.25, -0.2) is 0 Å². The van der Waals surface area contributed by atoms with Crippen molar-refractivity contribution in [3.05, 3.63) is 16.3 Å². The Morgan fingerprint density at radius 2 is 2.46 bits per heavy atom. The predicted octanol–water partition coefficient (Wildman–Crippen LogP) is -0.0508. The lowest BCUT2D eigenvalue weighted by Crippen LogP contribution is -2.17. The number of aromatic nitrogens is 2. The van der Waals surface area contributed by atoms with Crippen molar-refractivity contribution in [2.24, 2.45) is 0 Å². The molecule has 1 heterocycles. The Balaban J connectivity index is 2.55. The Hall–Kier alpha value is -1.63. The SMILES string of the molecule is CNCCNc1cn[nH]c1[N+](=O)[O-]. The van der Waals surface area contributed by atoms with Crippen LogP contribution in [0.5, 0.6) is 0 Å². The van der Waals surface area contributed by atoms with Gasteiger partial charge in [-0.3, -0.25) is 0 Å². The van der Waals surface area contributed by atoms with Crippen molar-refractivity contribution in [2.75, 3.05) is 25.5 Å².